The summed E-state index contributed by atoms with van der Waals surface area (Å²) in [7, 11) is 1.14. The van der Waals surface area contributed by atoms with E-state index in [0.717, 1.165) is 7.11 Å². The number of benzene rings is 1. The minimum Gasteiger partial charge on any atom is -0.481 e. The van der Waals surface area contributed by atoms with Crippen LogP contribution >= 0.6 is 15.9 Å². The van der Waals surface area contributed by atoms with Crippen LogP contribution in [0.1, 0.15) is 25.8 Å². The molecule has 0 bridgehead atoms. The van der Waals surface area contributed by atoms with Crippen molar-refractivity contribution < 1.29 is 28.2 Å². The molecular formula is C14H17BrF2O4. The summed E-state index contributed by atoms with van der Waals surface area (Å²) >= 11 is 3.16. The fourth-order valence-corrected chi connectivity index (χ4v) is 1.91. The van der Waals surface area contributed by atoms with Gasteiger partial charge in [0.1, 0.15) is 17.9 Å². The van der Waals surface area contributed by atoms with E-state index in [2.05, 4.69) is 20.7 Å². The average molecular weight is 367 g/mol. The zero-order chi connectivity index (χ0) is 16.6. The van der Waals surface area contributed by atoms with Crippen molar-refractivity contribution in [3.63, 3.8) is 0 Å². The topological polar surface area (TPSA) is 63.6 Å². The predicted molar refractivity (Wildman–Crippen MR) is 77.3 cm³/mol. The highest BCUT2D eigenvalue weighted by molar-refractivity contribution is 9.10. The summed E-state index contributed by atoms with van der Waals surface area (Å²) in [4.78, 5) is 19.7. The first-order chi connectivity index (χ1) is 9.53. The Labute approximate surface area is 130 Å². The van der Waals surface area contributed by atoms with Crippen molar-refractivity contribution in [1.82, 2.24) is 0 Å². The van der Waals surface area contributed by atoms with Crippen LogP contribution in [0.3, 0.4) is 0 Å². The van der Waals surface area contributed by atoms with Crippen molar-refractivity contribution in [3.05, 3.63) is 34.1 Å². The minimum absolute atomic E-state index is 0.226. The maximum Gasteiger partial charge on any atom is 0.316 e. The van der Waals surface area contributed by atoms with Gasteiger partial charge in [0.05, 0.1) is 7.11 Å². The van der Waals surface area contributed by atoms with Gasteiger partial charge in [0.2, 0.25) is 0 Å². The summed E-state index contributed by atoms with van der Waals surface area (Å²) in [5.41, 5.74) is -0.632. The Hall–Kier alpha value is -1.50. The Kier molecular flexibility index (Phi) is 8.09. The van der Waals surface area contributed by atoms with Gasteiger partial charge in [0.15, 0.2) is 0 Å². The Balaban J connectivity index is 0.000000433. The van der Waals surface area contributed by atoms with E-state index >= 15 is 0 Å². The van der Waals surface area contributed by atoms with Gasteiger partial charge in [0, 0.05) is 10.9 Å². The number of halogens is 3. The van der Waals surface area contributed by atoms with E-state index in [-0.39, 0.29) is 12.2 Å². The summed E-state index contributed by atoms with van der Waals surface area (Å²) in [6.45, 7) is 2.96. The number of aliphatic carboxylic acids is 1. The lowest BCUT2D eigenvalue weighted by atomic mass is 10.0. The van der Waals surface area contributed by atoms with E-state index in [1.54, 1.807) is 6.07 Å². The van der Waals surface area contributed by atoms with Crippen molar-refractivity contribution in [2.24, 2.45) is 0 Å². The second-order valence-corrected chi connectivity index (χ2v) is 5.74. The van der Waals surface area contributed by atoms with Gasteiger partial charge in [0.25, 0.3) is 0 Å². The van der Waals surface area contributed by atoms with Crippen LogP contribution in [-0.2, 0) is 20.7 Å². The number of hydrogen-bond donors (Lipinski definition) is 1. The molecule has 4 nitrogen and oxygen atoms in total. The molecule has 21 heavy (non-hydrogen) atoms. The maximum absolute atomic E-state index is 13.2. The summed E-state index contributed by atoms with van der Waals surface area (Å²) in [6.07, 6.45) is -0.333. The molecule has 1 aromatic rings. The third-order valence-corrected chi connectivity index (χ3v) is 2.53. The first-order valence-corrected chi connectivity index (χ1v) is 6.75. The van der Waals surface area contributed by atoms with Crippen LogP contribution < -0.4 is 0 Å². The molecule has 0 atom stereocenters. The molecule has 0 unspecified atom stereocenters. The second kappa shape index (κ2) is 8.71. The summed E-state index contributed by atoms with van der Waals surface area (Å²) in [5.74, 6) is -2.23. The Morgan fingerprint density at radius 2 is 1.90 bits per heavy atom. The van der Waals surface area contributed by atoms with Gasteiger partial charge in [-0.1, -0.05) is 15.9 Å². The van der Waals surface area contributed by atoms with Gasteiger partial charge in [-0.25, -0.2) is 8.78 Å². The van der Waals surface area contributed by atoms with Crippen LogP contribution in [0.25, 0.3) is 0 Å². The molecule has 118 valence electrons. The van der Waals surface area contributed by atoms with Gasteiger partial charge in [-0.3, -0.25) is 9.59 Å². The fourth-order valence-electron chi connectivity index (χ4n) is 1.39. The number of carbonyl (C=O) groups excluding carboxylic acids is 1. The zero-order valence-electron chi connectivity index (χ0n) is 12.0. The number of rotatable bonds is 4. The molecule has 0 spiro atoms. The van der Waals surface area contributed by atoms with Crippen molar-refractivity contribution in [1.29, 1.82) is 0 Å². The number of carboxylic acid groups (broad SMARTS) is 1. The van der Waals surface area contributed by atoms with Crippen molar-refractivity contribution in [2.45, 2.75) is 32.4 Å². The molecule has 0 heterocycles. The highest BCUT2D eigenvalue weighted by Gasteiger charge is 2.16. The molecule has 0 aliphatic carbocycles. The van der Waals surface area contributed by atoms with Crippen LogP contribution in [0.15, 0.2) is 22.7 Å². The van der Waals surface area contributed by atoms with Crippen molar-refractivity contribution in [2.75, 3.05) is 7.11 Å². The molecule has 7 heteroatoms. The third-order valence-electron chi connectivity index (χ3n) is 2.07. The van der Waals surface area contributed by atoms with E-state index in [1.165, 1.54) is 26.0 Å². The molecule has 0 saturated carbocycles. The monoisotopic (exact) mass is 366 g/mol. The lowest BCUT2D eigenvalue weighted by Crippen LogP contribution is -2.15. The Bertz CT molecular complexity index is 478. The van der Waals surface area contributed by atoms with E-state index < -0.39 is 24.0 Å². The van der Waals surface area contributed by atoms with E-state index in [0.29, 0.717) is 10.0 Å². The molecule has 0 fully saturated rings. The van der Waals surface area contributed by atoms with E-state index in [4.69, 9.17) is 5.11 Å². The lowest BCUT2D eigenvalue weighted by molar-refractivity contribution is -0.149. The largest absolute Gasteiger partial charge is 0.481 e. The van der Waals surface area contributed by atoms with Crippen molar-refractivity contribution >= 4 is 27.9 Å². The molecule has 1 aromatic carbocycles. The van der Waals surface area contributed by atoms with Gasteiger partial charge >= 0.3 is 11.9 Å². The highest BCUT2D eigenvalue weighted by atomic mass is 79.9. The molecule has 0 aliphatic heterocycles. The Morgan fingerprint density at radius 3 is 2.24 bits per heavy atom. The average Bonchev–Trinajstić information content (AvgIpc) is 2.24. The van der Waals surface area contributed by atoms with Crippen LogP contribution in [0.4, 0.5) is 8.78 Å². The quantitative estimate of drug-likeness (QED) is 0.654. The standard InChI is InChI=1S/C10H11BrF2.C4H6O4/c1-10(2,13)6-7-3-8(11)5-9(12)4-7;1-8-4(7)2-3(5)6/h3-5H,6H2,1-2H3;2H2,1H3,(H,5,6). The van der Waals surface area contributed by atoms with E-state index in [9.17, 15) is 18.4 Å². The molecule has 0 aromatic heterocycles. The number of esters is 1. The number of carboxylic acids is 1. The minimum atomic E-state index is -1.30. The molecule has 0 aliphatic rings. The molecule has 0 saturated heterocycles. The van der Waals surface area contributed by atoms with E-state index in [1.807, 2.05) is 0 Å². The fraction of sp³-hybridized carbons (Fsp3) is 0.429. The Morgan fingerprint density at radius 1 is 1.33 bits per heavy atom. The van der Waals surface area contributed by atoms with Gasteiger partial charge in [-0.2, -0.15) is 0 Å². The number of methoxy groups -OCH3 is 1. The number of carbonyl (C=O) groups is 2. The molecule has 0 radical (unpaired) electrons. The lowest BCUT2D eigenvalue weighted by Gasteiger charge is -2.13. The first kappa shape index (κ1) is 19.5. The maximum atomic E-state index is 13.2. The second-order valence-electron chi connectivity index (χ2n) is 4.82. The van der Waals surface area contributed by atoms with Crippen LogP contribution in [0.5, 0.6) is 0 Å². The predicted octanol–water partition coefficient (Wildman–Crippen LogP) is 3.51. The number of hydrogen-bond acceptors (Lipinski definition) is 3. The molecule has 1 rings (SSSR count). The molecule has 0 amide bonds. The van der Waals surface area contributed by atoms with Gasteiger partial charge in [-0.15, -0.1) is 0 Å². The smallest absolute Gasteiger partial charge is 0.316 e. The summed E-state index contributed by atoms with van der Waals surface area (Å²) < 4.78 is 30.7. The van der Waals surface area contributed by atoms with Crippen LogP contribution in [-0.4, -0.2) is 29.8 Å². The van der Waals surface area contributed by atoms with Gasteiger partial charge < -0.3 is 9.84 Å². The summed E-state index contributed by atoms with van der Waals surface area (Å²) in [6, 6.07) is 4.44. The zero-order valence-corrected chi connectivity index (χ0v) is 13.5. The van der Waals surface area contributed by atoms with Crippen LogP contribution in [0.2, 0.25) is 0 Å². The third kappa shape index (κ3) is 10.9. The molecular weight excluding hydrogens is 350 g/mol. The first-order valence-electron chi connectivity index (χ1n) is 5.96. The number of alkyl halides is 1. The highest BCUT2D eigenvalue weighted by Crippen LogP contribution is 2.21. The number of ether oxygens (including phenoxy) is 1. The SMILES string of the molecule is CC(C)(F)Cc1cc(F)cc(Br)c1.COC(=O)CC(=O)O. The van der Waals surface area contributed by atoms with Crippen LogP contribution in [0, 0.1) is 5.82 Å². The van der Waals surface area contributed by atoms with Crippen molar-refractivity contribution in [3.8, 4) is 0 Å². The normalized spacial score (nSPS) is 10.4. The molecule has 1 N–H and O–H groups in total. The van der Waals surface area contributed by atoms with Gasteiger partial charge in [-0.05, 0) is 37.6 Å². The summed E-state index contributed by atoms with van der Waals surface area (Å²) in [5, 5.41) is 7.91.